The number of aryl methyl sites for hydroxylation is 1. The van der Waals surface area contributed by atoms with Crippen molar-refractivity contribution in [3.05, 3.63) is 70.5 Å². The first-order chi connectivity index (χ1) is 17.0. The molecule has 0 radical (unpaired) electrons. The number of amides is 2. The number of thioether (sulfide) groups is 1. The number of nitrogens with one attached hydrogen (secondary N) is 2. The van der Waals surface area contributed by atoms with Crippen molar-refractivity contribution in [2.24, 2.45) is 0 Å². The fourth-order valence-electron chi connectivity index (χ4n) is 2.89. The van der Waals surface area contributed by atoms with Crippen LogP contribution in [0.4, 0.5) is 5.13 Å². The van der Waals surface area contributed by atoms with Crippen LogP contribution in [0.5, 0.6) is 5.75 Å². The minimum atomic E-state index is -0.316. The standard InChI is InChI=1S/C22H20ClN7O3S2/c1-14-26-28-21(35-14)25-20(32)13-34-22-29-27-18(30(22)16-5-3-2-4-6-16)11-24-19(31)12-33-17-9-7-15(23)8-10-17/h2-10H,11-13H2,1H3,(H,24,31)(H,25,28,32). The average molecular weight is 530 g/mol. The van der Waals surface area contributed by atoms with Gasteiger partial charge in [0.05, 0.1) is 12.3 Å². The van der Waals surface area contributed by atoms with Gasteiger partial charge in [0.15, 0.2) is 17.6 Å². The second-order valence-corrected chi connectivity index (χ2v) is 9.61. The molecule has 180 valence electrons. The summed E-state index contributed by atoms with van der Waals surface area (Å²) in [5.74, 6) is 0.605. The van der Waals surface area contributed by atoms with Crippen molar-refractivity contribution < 1.29 is 14.3 Å². The number of benzene rings is 2. The lowest BCUT2D eigenvalue weighted by Gasteiger charge is -2.11. The van der Waals surface area contributed by atoms with Gasteiger partial charge in [-0.05, 0) is 43.3 Å². The van der Waals surface area contributed by atoms with Gasteiger partial charge in [-0.3, -0.25) is 19.5 Å². The molecule has 4 rings (SSSR count). The van der Waals surface area contributed by atoms with E-state index < -0.39 is 0 Å². The van der Waals surface area contributed by atoms with Gasteiger partial charge in [-0.15, -0.1) is 20.4 Å². The first kappa shape index (κ1) is 24.6. The molecule has 0 bridgehead atoms. The van der Waals surface area contributed by atoms with Gasteiger partial charge in [0.2, 0.25) is 11.0 Å². The lowest BCUT2D eigenvalue weighted by Crippen LogP contribution is -2.29. The zero-order valence-electron chi connectivity index (χ0n) is 18.5. The Bertz CT molecular complexity index is 1300. The van der Waals surface area contributed by atoms with Gasteiger partial charge in [-0.1, -0.05) is 52.9 Å². The molecule has 0 aliphatic rings. The molecule has 0 saturated heterocycles. The van der Waals surface area contributed by atoms with E-state index in [4.69, 9.17) is 16.3 Å². The van der Waals surface area contributed by atoms with E-state index in [0.717, 1.165) is 10.7 Å². The molecule has 10 nitrogen and oxygen atoms in total. The second-order valence-electron chi connectivity index (χ2n) is 7.05. The van der Waals surface area contributed by atoms with Crippen molar-refractivity contribution in [2.75, 3.05) is 17.7 Å². The highest BCUT2D eigenvalue weighted by molar-refractivity contribution is 7.99. The number of aromatic nitrogens is 5. The maximum atomic E-state index is 12.3. The topological polar surface area (TPSA) is 124 Å². The molecule has 0 fully saturated rings. The highest BCUT2D eigenvalue weighted by Gasteiger charge is 2.17. The normalized spacial score (nSPS) is 10.7. The SMILES string of the molecule is Cc1nnc(NC(=O)CSc2nnc(CNC(=O)COc3ccc(Cl)cc3)n2-c2ccccc2)s1. The number of hydrogen-bond donors (Lipinski definition) is 2. The molecule has 13 heteroatoms. The number of halogens is 1. The molecule has 35 heavy (non-hydrogen) atoms. The lowest BCUT2D eigenvalue weighted by atomic mass is 10.3. The van der Waals surface area contributed by atoms with Crippen molar-refractivity contribution >= 4 is 51.6 Å². The van der Waals surface area contributed by atoms with Gasteiger partial charge in [-0.2, -0.15) is 0 Å². The molecular formula is C22H20ClN7O3S2. The van der Waals surface area contributed by atoms with Crippen LogP contribution in [0.2, 0.25) is 5.02 Å². The Morgan fingerprint density at radius 3 is 2.51 bits per heavy atom. The number of carbonyl (C=O) groups excluding carboxylic acids is 2. The second kappa shape index (κ2) is 11.8. The summed E-state index contributed by atoms with van der Waals surface area (Å²) in [7, 11) is 0. The van der Waals surface area contributed by atoms with Crippen molar-refractivity contribution in [3.63, 3.8) is 0 Å². The third kappa shape index (κ3) is 7.01. The highest BCUT2D eigenvalue weighted by atomic mass is 35.5. The zero-order chi connectivity index (χ0) is 24.6. The van der Waals surface area contributed by atoms with E-state index >= 15 is 0 Å². The Balaban J connectivity index is 1.39. The summed E-state index contributed by atoms with van der Waals surface area (Å²) in [6.07, 6.45) is 0. The minimum absolute atomic E-state index is 0.102. The number of ether oxygens (including phenoxy) is 1. The van der Waals surface area contributed by atoms with Crippen molar-refractivity contribution in [1.29, 1.82) is 0 Å². The summed E-state index contributed by atoms with van der Waals surface area (Å²) in [5, 5.41) is 24.1. The predicted molar refractivity (Wildman–Crippen MR) is 134 cm³/mol. The molecule has 0 unspecified atom stereocenters. The summed E-state index contributed by atoms with van der Waals surface area (Å²) >= 11 is 8.38. The number of nitrogens with zero attached hydrogens (tertiary/aromatic N) is 5. The fraction of sp³-hybridized carbons (Fsp3) is 0.182. The number of carbonyl (C=O) groups is 2. The maximum absolute atomic E-state index is 12.3. The molecule has 2 amide bonds. The number of anilines is 1. The Kier molecular flexibility index (Phi) is 8.29. The summed E-state index contributed by atoms with van der Waals surface area (Å²) < 4.78 is 7.27. The minimum Gasteiger partial charge on any atom is -0.484 e. The van der Waals surface area contributed by atoms with Gasteiger partial charge in [0, 0.05) is 10.7 Å². The first-order valence-electron chi connectivity index (χ1n) is 10.4. The molecule has 0 spiro atoms. The number of para-hydroxylation sites is 1. The van der Waals surface area contributed by atoms with Crippen LogP contribution in [0.25, 0.3) is 5.69 Å². The molecule has 0 aliphatic carbocycles. The summed E-state index contributed by atoms with van der Waals surface area (Å²) in [6.45, 7) is 1.78. The average Bonchev–Trinajstić information content (AvgIpc) is 3.47. The van der Waals surface area contributed by atoms with Gasteiger partial charge in [0.1, 0.15) is 10.8 Å². The Morgan fingerprint density at radius 2 is 1.80 bits per heavy atom. The van der Waals surface area contributed by atoms with E-state index in [1.54, 1.807) is 28.8 Å². The van der Waals surface area contributed by atoms with Crippen LogP contribution in [0.3, 0.4) is 0 Å². The van der Waals surface area contributed by atoms with Crippen LogP contribution < -0.4 is 15.4 Å². The first-order valence-corrected chi connectivity index (χ1v) is 12.5. The molecule has 0 aliphatic heterocycles. The third-order valence-corrected chi connectivity index (χ3v) is 6.38. The Hall–Kier alpha value is -3.48. The summed E-state index contributed by atoms with van der Waals surface area (Å²) in [6, 6.07) is 16.2. The van der Waals surface area contributed by atoms with Crippen LogP contribution in [-0.4, -0.2) is 49.1 Å². The van der Waals surface area contributed by atoms with E-state index in [9.17, 15) is 9.59 Å². The number of hydrogen-bond acceptors (Lipinski definition) is 9. The van der Waals surface area contributed by atoms with E-state index in [2.05, 4.69) is 31.0 Å². The van der Waals surface area contributed by atoms with Crippen molar-refractivity contribution in [1.82, 2.24) is 30.3 Å². The van der Waals surface area contributed by atoms with Crippen molar-refractivity contribution in [2.45, 2.75) is 18.6 Å². The molecule has 2 aromatic carbocycles. The predicted octanol–water partition coefficient (Wildman–Crippen LogP) is 3.51. The van der Waals surface area contributed by atoms with Crippen LogP contribution in [0, 0.1) is 6.92 Å². The third-order valence-electron chi connectivity index (χ3n) is 4.45. The lowest BCUT2D eigenvalue weighted by molar-refractivity contribution is -0.123. The summed E-state index contributed by atoms with van der Waals surface area (Å²) in [4.78, 5) is 24.7. The van der Waals surface area contributed by atoms with Gasteiger partial charge < -0.3 is 10.1 Å². The molecular weight excluding hydrogens is 510 g/mol. The van der Waals surface area contributed by atoms with Crippen LogP contribution >= 0.6 is 34.7 Å². The van der Waals surface area contributed by atoms with Crippen LogP contribution in [0.1, 0.15) is 10.8 Å². The van der Waals surface area contributed by atoms with Gasteiger partial charge in [0.25, 0.3) is 5.91 Å². The molecule has 4 aromatic rings. The highest BCUT2D eigenvalue weighted by Crippen LogP contribution is 2.23. The molecule has 0 saturated carbocycles. The van der Waals surface area contributed by atoms with E-state index in [1.165, 1.54) is 23.1 Å². The van der Waals surface area contributed by atoms with Gasteiger partial charge in [-0.25, -0.2) is 0 Å². The van der Waals surface area contributed by atoms with Crippen LogP contribution in [-0.2, 0) is 16.1 Å². The monoisotopic (exact) mass is 529 g/mol. The van der Waals surface area contributed by atoms with E-state index in [0.29, 0.717) is 26.9 Å². The largest absolute Gasteiger partial charge is 0.484 e. The summed E-state index contributed by atoms with van der Waals surface area (Å²) in [5.41, 5.74) is 0.807. The molecule has 0 atom stereocenters. The smallest absolute Gasteiger partial charge is 0.258 e. The van der Waals surface area contributed by atoms with Crippen LogP contribution in [0.15, 0.2) is 59.8 Å². The molecule has 2 N–H and O–H groups in total. The number of rotatable bonds is 10. The molecule has 2 aromatic heterocycles. The zero-order valence-corrected chi connectivity index (χ0v) is 20.9. The Labute approximate surface area is 214 Å². The quantitative estimate of drug-likeness (QED) is 0.299. The fourth-order valence-corrected chi connectivity index (χ4v) is 4.39. The Morgan fingerprint density at radius 1 is 1.03 bits per heavy atom. The van der Waals surface area contributed by atoms with E-state index in [1.807, 2.05) is 37.3 Å². The van der Waals surface area contributed by atoms with Gasteiger partial charge >= 0.3 is 0 Å². The molecule has 2 heterocycles. The maximum Gasteiger partial charge on any atom is 0.258 e. The van der Waals surface area contributed by atoms with E-state index in [-0.39, 0.29) is 30.7 Å². The van der Waals surface area contributed by atoms with Crippen molar-refractivity contribution in [3.8, 4) is 11.4 Å².